The van der Waals surface area contributed by atoms with Crippen LogP contribution in [0.3, 0.4) is 0 Å². The lowest BCUT2D eigenvalue weighted by Crippen LogP contribution is -2.30. The molecule has 1 saturated carbocycles. The molecule has 1 N–H and O–H groups in total. The fraction of sp³-hybridized carbons (Fsp3) is 0.500. The second-order valence-electron chi connectivity index (χ2n) is 5.97. The number of carbonyl (C=O) groups is 2. The van der Waals surface area contributed by atoms with E-state index in [4.69, 9.17) is 4.74 Å². The molecule has 1 rings (SSSR count). The van der Waals surface area contributed by atoms with Crippen LogP contribution < -0.4 is 5.32 Å². The number of hydrogen-bond donors (Lipinski definition) is 1. The highest BCUT2D eigenvalue weighted by Crippen LogP contribution is 2.25. The SMILES string of the molecule is C=CCOC(=O)/C(=C\C1CCCCC1)NC(=O)/C(C=C)=C/CCC. The zero-order valence-electron chi connectivity index (χ0n) is 14.7. The van der Waals surface area contributed by atoms with E-state index in [2.05, 4.69) is 18.5 Å². The standard InChI is InChI=1S/C20H29NO3/c1-4-7-13-17(6-3)19(22)21-18(20(23)24-14-5-2)15-16-11-9-8-10-12-16/h5-6,13,15-16H,2-4,7-12,14H2,1H3,(H,21,22)/b17-13+,18-15+. The van der Waals surface area contributed by atoms with Crippen molar-refractivity contribution in [3.8, 4) is 0 Å². The lowest BCUT2D eigenvalue weighted by molar-refractivity contribution is -0.139. The van der Waals surface area contributed by atoms with Crippen molar-refractivity contribution in [1.29, 1.82) is 0 Å². The summed E-state index contributed by atoms with van der Waals surface area (Å²) in [5.41, 5.74) is 0.695. The minimum atomic E-state index is -0.521. The smallest absolute Gasteiger partial charge is 0.354 e. The van der Waals surface area contributed by atoms with Gasteiger partial charge in [-0.15, -0.1) is 0 Å². The molecule has 0 bridgehead atoms. The molecule has 4 nitrogen and oxygen atoms in total. The molecule has 4 heteroatoms. The first-order chi connectivity index (χ1) is 11.6. The largest absolute Gasteiger partial charge is 0.457 e. The number of unbranched alkanes of at least 4 members (excludes halogenated alkanes) is 1. The van der Waals surface area contributed by atoms with E-state index in [9.17, 15) is 9.59 Å². The zero-order chi connectivity index (χ0) is 17.8. The Hall–Kier alpha value is -2.10. The third-order valence-electron chi connectivity index (χ3n) is 3.99. The van der Waals surface area contributed by atoms with E-state index >= 15 is 0 Å². The van der Waals surface area contributed by atoms with Crippen LogP contribution in [0.1, 0.15) is 51.9 Å². The molecule has 0 spiro atoms. The maximum atomic E-state index is 12.4. The molecule has 0 atom stereocenters. The van der Waals surface area contributed by atoms with Crippen LogP contribution in [0, 0.1) is 5.92 Å². The predicted molar refractivity (Wildman–Crippen MR) is 97.1 cm³/mol. The van der Waals surface area contributed by atoms with Crippen LogP contribution >= 0.6 is 0 Å². The first-order valence-corrected chi connectivity index (χ1v) is 8.76. The van der Waals surface area contributed by atoms with Gasteiger partial charge in [0.05, 0.1) is 0 Å². The van der Waals surface area contributed by atoms with E-state index in [0.717, 1.165) is 38.5 Å². The number of esters is 1. The second-order valence-corrected chi connectivity index (χ2v) is 5.97. The van der Waals surface area contributed by atoms with Crippen LogP contribution in [0.2, 0.25) is 0 Å². The number of nitrogens with one attached hydrogen (secondary N) is 1. The molecule has 132 valence electrons. The average molecular weight is 331 g/mol. The van der Waals surface area contributed by atoms with Crippen molar-refractivity contribution in [3.05, 3.63) is 48.7 Å². The van der Waals surface area contributed by atoms with Gasteiger partial charge in [0.25, 0.3) is 5.91 Å². The summed E-state index contributed by atoms with van der Waals surface area (Å²) in [5, 5.41) is 2.71. The highest BCUT2D eigenvalue weighted by molar-refractivity contribution is 6.02. The molecular weight excluding hydrogens is 302 g/mol. The van der Waals surface area contributed by atoms with Gasteiger partial charge in [-0.2, -0.15) is 0 Å². The Morgan fingerprint density at radius 3 is 2.50 bits per heavy atom. The molecule has 0 aromatic rings. The summed E-state index contributed by atoms with van der Waals surface area (Å²) in [6.07, 6.45) is 14.0. The fourth-order valence-corrected chi connectivity index (χ4v) is 2.67. The van der Waals surface area contributed by atoms with E-state index in [-0.39, 0.29) is 18.2 Å². The molecule has 24 heavy (non-hydrogen) atoms. The molecule has 0 saturated heterocycles. The Balaban J connectivity index is 2.88. The molecule has 1 aliphatic rings. The van der Waals surface area contributed by atoms with E-state index in [1.807, 2.05) is 19.1 Å². The summed E-state index contributed by atoms with van der Waals surface area (Å²) in [7, 11) is 0. The molecule has 1 aliphatic carbocycles. The Morgan fingerprint density at radius 1 is 1.21 bits per heavy atom. The van der Waals surface area contributed by atoms with Crippen molar-refractivity contribution in [1.82, 2.24) is 5.32 Å². The first-order valence-electron chi connectivity index (χ1n) is 8.76. The van der Waals surface area contributed by atoms with Crippen molar-refractivity contribution < 1.29 is 14.3 Å². The minimum Gasteiger partial charge on any atom is -0.457 e. The van der Waals surface area contributed by atoms with Crippen molar-refractivity contribution >= 4 is 11.9 Å². The predicted octanol–water partition coefficient (Wildman–Crippen LogP) is 4.21. The quantitative estimate of drug-likeness (QED) is 0.298. The normalized spacial score (nSPS) is 16.4. The number of ether oxygens (including phenoxy) is 1. The van der Waals surface area contributed by atoms with Gasteiger partial charge in [0.15, 0.2) is 0 Å². The number of hydrogen-bond acceptors (Lipinski definition) is 3. The van der Waals surface area contributed by atoms with Crippen LogP contribution in [0.25, 0.3) is 0 Å². The molecule has 0 unspecified atom stereocenters. The molecule has 0 aromatic heterocycles. The zero-order valence-corrected chi connectivity index (χ0v) is 14.7. The van der Waals surface area contributed by atoms with Crippen molar-refractivity contribution in [2.24, 2.45) is 5.92 Å². The topological polar surface area (TPSA) is 55.4 Å². The number of rotatable bonds is 9. The Morgan fingerprint density at radius 2 is 1.92 bits per heavy atom. The molecule has 0 radical (unpaired) electrons. The van der Waals surface area contributed by atoms with Gasteiger partial charge in [0.2, 0.25) is 0 Å². The average Bonchev–Trinajstić information content (AvgIpc) is 2.60. The number of carbonyl (C=O) groups excluding carboxylic acids is 2. The molecular formula is C20H29NO3. The van der Waals surface area contributed by atoms with Gasteiger partial charge >= 0.3 is 5.97 Å². The van der Waals surface area contributed by atoms with E-state index in [1.54, 1.807) is 0 Å². The Labute approximate surface area is 145 Å². The second kappa shape index (κ2) is 11.4. The maximum Gasteiger partial charge on any atom is 0.354 e. The number of amides is 1. The first kappa shape index (κ1) is 19.9. The van der Waals surface area contributed by atoms with Crippen LogP contribution in [0.4, 0.5) is 0 Å². The van der Waals surface area contributed by atoms with Crippen LogP contribution in [-0.4, -0.2) is 18.5 Å². The van der Waals surface area contributed by atoms with Crippen LogP contribution in [0.5, 0.6) is 0 Å². The van der Waals surface area contributed by atoms with Crippen molar-refractivity contribution in [2.45, 2.75) is 51.9 Å². The molecule has 0 aliphatic heterocycles. The highest BCUT2D eigenvalue weighted by Gasteiger charge is 2.19. The van der Waals surface area contributed by atoms with E-state index in [1.165, 1.54) is 18.6 Å². The molecule has 0 heterocycles. The summed E-state index contributed by atoms with van der Waals surface area (Å²) in [6.45, 7) is 9.37. The fourth-order valence-electron chi connectivity index (χ4n) is 2.67. The molecule has 0 aromatic carbocycles. The number of allylic oxidation sites excluding steroid dienone is 2. The summed E-state index contributed by atoms with van der Waals surface area (Å²) >= 11 is 0. The van der Waals surface area contributed by atoms with Crippen LogP contribution in [0.15, 0.2) is 48.7 Å². The van der Waals surface area contributed by atoms with Crippen molar-refractivity contribution in [3.63, 3.8) is 0 Å². The minimum absolute atomic E-state index is 0.122. The Kier molecular flexibility index (Phi) is 9.51. The van der Waals surface area contributed by atoms with Gasteiger partial charge < -0.3 is 10.1 Å². The van der Waals surface area contributed by atoms with Crippen LogP contribution in [-0.2, 0) is 14.3 Å². The van der Waals surface area contributed by atoms with Gasteiger partial charge in [0, 0.05) is 5.57 Å². The highest BCUT2D eigenvalue weighted by atomic mass is 16.5. The summed E-state index contributed by atoms with van der Waals surface area (Å²) < 4.78 is 5.10. The summed E-state index contributed by atoms with van der Waals surface area (Å²) in [5.74, 6) is -0.541. The lowest BCUT2D eigenvalue weighted by atomic mass is 9.88. The van der Waals surface area contributed by atoms with Crippen molar-refractivity contribution in [2.75, 3.05) is 6.61 Å². The van der Waals surface area contributed by atoms with Gasteiger partial charge in [-0.05, 0) is 25.2 Å². The summed E-state index contributed by atoms with van der Waals surface area (Å²) in [6, 6.07) is 0. The molecule has 1 amide bonds. The third kappa shape index (κ3) is 6.99. The Bertz CT molecular complexity index is 511. The molecule has 1 fully saturated rings. The van der Waals surface area contributed by atoms with Gasteiger partial charge in [-0.25, -0.2) is 4.79 Å². The van der Waals surface area contributed by atoms with E-state index in [0.29, 0.717) is 11.5 Å². The van der Waals surface area contributed by atoms with Gasteiger partial charge in [0.1, 0.15) is 12.3 Å². The monoisotopic (exact) mass is 331 g/mol. The third-order valence-corrected chi connectivity index (χ3v) is 3.99. The van der Waals surface area contributed by atoms with Gasteiger partial charge in [-0.1, -0.05) is 70.1 Å². The maximum absolute atomic E-state index is 12.4. The van der Waals surface area contributed by atoms with E-state index < -0.39 is 5.97 Å². The summed E-state index contributed by atoms with van der Waals surface area (Å²) in [4.78, 5) is 24.6. The van der Waals surface area contributed by atoms with Gasteiger partial charge in [-0.3, -0.25) is 4.79 Å². The lowest BCUT2D eigenvalue weighted by Gasteiger charge is -2.19.